The Kier molecular flexibility index (Phi) is 1.40. The fourth-order valence-corrected chi connectivity index (χ4v) is 0.583. The van der Waals surface area contributed by atoms with E-state index >= 15 is 0 Å². The molecule has 0 saturated carbocycles. The van der Waals surface area contributed by atoms with E-state index in [9.17, 15) is 9.90 Å². The molecule has 0 unspecified atom stereocenters. The van der Waals surface area contributed by atoms with Crippen LogP contribution in [-0.2, 0) is 0 Å². The Morgan fingerprint density at radius 1 is 1.78 bits per heavy atom. The van der Waals surface area contributed by atoms with E-state index in [1.165, 1.54) is 0 Å². The van der Waals surface area contributed by atoms with Crippen LogP contribution >= 0.6 is 11.6 Å². The summed E-state index contributed by atoms with van der Waals surface area (Å²) >= 11 is 5.22. The van der Waals surface area contributed by atoms with Gasteiger partial charge in [0, 0.05) is 6.07 Å². The Hall–Kier alpha value is -1.03. The number of aromatic amines is 1. The minimum Gasteiger partial charge on any atom is -0.846 e. The van der Waals surface area contributed by atoms with Gasteiger partial charge in [-0.25, -0.2) is 4.98 Å². The first-order valence-corrected chi connectivity index (χ1v) is 2.50. The molecule has 0 aliphatic carbocycles. The van der Waals surface area contributed by atoms with Gasteiger partial charge in [-0.1, -0.05) is 11.6 Å². The number of H-pyrrole nitrogens is 1. The molecular weight excluding hydrogens is 144 g/mol. The molecule has 1 rings (SSSR count). The van der Waals surface area contributed by atoms with Gasteiger partial charge in [-0.05, 0) is 0 Å². The number of halogens is 1. The zero-order valence-electron chi connectivity index (χ0n) is 4.22. The zero-order chi connectivity index (χ0) is 6.85. The lowest BCUT2D eigenvalue weighted by atomic mass is 10.7. The average molecular weight is 146 g/mol. The summed E-state index contributed by atoms with van der Waals surface area (Å²) in [4.78, 5) is 15.4. The molecule has 1 heterocycles. The molecule has 0 saturated heterocycles. The molecule has 4 nitrogen and oxygen atoms in total. The van der Waals surface area contributed by atoms with Crippen molar-refractivity contribution in [3.63, 3.8) is 0 Å². The van der Waals surface area contributed by atoms with Gasteiger partial charge < -0.3 is 10.1 Å². The van der Waals surface area contributed by atoms with Crippen LogP contribution in [-0.4, -0.2) is 9.97 Å². The zero-order valence-corrected chi connectivity index (χ0v) is 4.97. The van der Waals surface area contributed by atoms with E-state index < -0.39 is 11.6 Å². The van der Waals surface area contributed by atoms with Crippen molar-refractivity contribution in [2.24, 2.45) is 0 Å². The summed E-state index contributed by atoms with van der Waals surface area (Å²) in [7, 11) is 0. The van der Waals surface area contributed by atoms with Crippen molar-refractivity contribution in [3.05, 3.63) is 21.6 Å². The van der Waals surface area contributed by atoms with Gasteiger partial charge in [0.25, 0.3) is 5.56 Å². The Morgan fingerprint density at radius 3 is 2.89 bits per heavy atom. The summed E-state index contributed by atoms with van der Waals surface area (Å²) in [6.45, 7) is 0. The molecule has 1 N–H and O–H groups in total. The van der Waals surface area contributed by atoms with Crippen molar-refractivity contribution in [1.29, 1.82) is 0 Å². The first kappa shape index (κ1) is 6.10. The lowest BCUT2D eigenvalue weighted by molar-refractivity contribution is -0.282. The van der Waals surface area contributed by atoms with E-state index in [1.54, 1.807) is 0 Å². The maximum atomic E-state index is 10.3. The predicted octanol–water partition coefficient (Wildman–Crippen LogP) is -0.503. The topological polar surface area (TPSA) is 68.8 Å². The van der Waals surface area contributed by atoms with Crippen LogP contribution in [0.1, 0.15) is 0 Å². The summed E-state index contributed by atoms with van der Waals surface area (Å²) in [6.07, 6.45) is 0. The van der Waals surface area contributed by atoms with Crippen molar-refractivity contribution >= 4 is 11.6 Å². The highest BCUT2D eigenvalue weighted by Crippen LogP contribution is 1.99. The van der Waals surface area contributed by atoms with Crippen LogP contribution in [0.25, 0.3) is 0 Å². The third-order valence-corrected chi connectivity index (χ3v) is 0.882. The van der Waals surface area contributed by atoms with Crippen LogP contribution < -0.4 is 10.7 Å². The van der Waals surface area contributed by atoms with Gasteiger partial charge >= 0.3 is 0 Å². The fraction of sp³-hybridized carbons (Fsp3) is 0. The quantitative estimate of drug-likeness (QED) is 0.501. The fourth-order valence-electron chi connectivity index (χ4n) is 0.407. The number of hydrogen-bond donors (Lipinski definition) is 1. The molecule has 0 aliphatic heterocycles. The lowest BCUT2D eigenvalue weighted by Gasteiger charge is -1.99. The van der Waals surface area contributed by atoms with E-state index in [0.29, 0.717) is 0 Å². The van der Waals surface area contributed by atoms with Crippen molar-refractivity contribution in [2.75, 3.05) is 0 Å². The predicted molar refractivity (Wildman–Crippen MR) is 29.3 cm³/mol. The first-order valence-electron chi connectivity index (χ1n) is 2.12. The summed E-state index contributed by atoms with van der Waals surface area (Å²) in [5, 5.41) is 10.2. The summed E-state index contributed by atoms with van der Waals surface area (Å²) in [5.74, 6) is 0. The van der Waals surface area contributed by atoms with Gasteiger partial charge in [-0.15, -0.1) is 0 Å². The molecule has 1 aromatic rings. The van der Waals surface area contributed by atoms with Crippen LogP contribution in [0.2, 0.25) is 5.15 Å². The van der Waals surface area contributed by atoms with Crippen LogP contribution in [0.3, 0.4) is 0 Å². The number of nitrogens with one attached hydrogen (secondary N) is 1. The van der Waals surface area contributed by atoms with E-state index in [2.05, 4.69) is 4.98 Å². The Labute approximate surface area is 55.1 Å². The SMILES string of the molecule is O=c1cc(Cl)nc([O-])[nH]1. The smallest absolute Gasteiger partial charge is 0.251 e. The Bertz CT molecular complexity index is 246. The van der Waals surface area contributed by atoms with Crippen LogP contribution in [0.5, 0.6) is 6.01 Å². The minimum atomic E-state index is -0.715. The molecule has 0 fully saturated rings. The van der Waals surface area contributed by atoms with Crippen LogP contribution in [0, 0.1) is 0 Å². The summed E-state index contributed by atoms with van der Waals surface area (Å²) in [6, 6.07) is 0.315. The summed E-state index contributed by atoms with van der Waals surface area (Å²) < 4.78 is 0. The van der Waals surface area contributed by atoms with Crippen molar-refractivity contribution in [3.8, 4) is 6.01 Å². The first-order chi connectivity index (χ1) is 4.18. The molecular formula is C4H2ClN2O2-. The van der Waals surface area contributed by atoms with Gasteiger partial charge in [-0.2, -0.15) is 0 Å². The second-order valence-corrected chi connectivity index (χ2v) is 1.76. The second-order valence-electron chi connectivity index (χ2n) is 1.37. The van der Waals surface area contributed by atoms with E-state index in [-0.39, 0.29) is 5.15 Å². The molecule has 0 aliphatic rings. The van der Waals surface area contributed by atoms with E-state index in [0.717, 1.165) is 6.07 Å². The standard InChI is InChI=1S/C4H3ClN2O2/c5-2-1-3(8)7-4(9)6-2/h1H,(H2,6,7,8,9)/p-1. The monoisotopic (exact) mass is 145 g/mol. The van der Waals surface area contributed by atoms with Crippen LogP contribution in [0.15, 0.2) is 10.9 Å². The minimum absolute atomic E-state index is 0.0799. The van der Waals surface area contributed by atoms with Crippen molar-refractivity contribution in [2.45, 2.75) is 0 Å². The van der Waals surface area contributed by atoms with Gasteiger partial charge in [-0.3, -0.25) is 4.79 Å². The number of hydrogen-bond acceptors (Lipinski definition) is 3. The highest BCUT2D eigenvalue weighted by atomic mass is 35.5. The largest absolute Gasteiger partial charge is 0.846 e. The molecule has 9 heavy (non-hydrogen) atoms. The molecule has 0 spiro atoms. The third-order valence-electron chi connectivity index (χ3n) is 0.689. The molecule has 48 valence electrons. The molecule has 0 radical (unpaired) electrons. The molecule has 0 aromatic carbocycles. The molecule has 0 atom stereocenters. The molecule has 0 bridgehead atoms. The van der Waals surface area contributed by atoms with Gasteiger partial charge in [0.1, 0.15) is 5.15 Å². The summed E-state index contributed by atoms with van der Waals surface area (Å²) in [5.41, 5.74) is -0.528. The number of nitrogens with zero attached hydrogens (tertiary/aromatic N) is 1. The molecule has 1 aromatic heterocycles. The average Bonchev–Trinajstić information content (AvgIpc) is 1.59. The van der Waals surface area contributed by atoms with Crippen LogP contribution in [0.4, 0.5) is 0 Å². The third kappa shape index (κ3) is 1.43. The van der Waals surface area contributed by atoms with Crippen molar-refractivity contribution < 1.29 is 5.11 Å². The molecule has 0 amide bonds. The number of rotatable bonds is 0. The normalized spacial score (nSPS) is 9.44. The van der Waals surface area contributed by atoms with E-state index in [1.807, 2.05) is 4.98 Å². The maximum absolute atomic E-state index is 10.3. The van der Waals surface area contributed by atoms with E-state index in [4.69, 9.17) is 11.6 Å². The second kappa shape index (κ2) is 2.06. The lowest BCUT2D eigenvalue weighted by Crippen LogP contribution is -2.09. The number of aromatic nitrogens is 2. The van der Waals surface area contributed by atoms with Gasteiger partial charge in [0.05, 0.1) is 6.01 Å². The highest BCUT2D eigenvalue weighted by molar-refractivity contribution is 6.29. The highest BCUT2D eigenvalue weighted by Gasteiger charge is 1.87. The maximum Gasteiger partial charge on any atom is 0.251 e. The van der Waals surface area contributed by atoms with Crippen molar-refractivity contribution in [1.82, 2.24) is 9.97 Å². The molecule has 5 heteroatoms. The Balaban J connectivity index is 3.33. The van der Waals surface area contributed by atoms with Gasteiger partial charge in [0.2, 0.25) is 0 Å². The van der Waals surface area contributed by atoms with Gasteiger partial charge in [0.15, 0.2) is 0 Å². The Morgan fingerprint density at radius 2 is 2.44 bits per heavy atom.